The molecule has 0 aliphatic heterocycles. The summed E-state index contributed by atoms with van der Waals surface area (Å²) < 4.78 is 51.9. The van der Waals surface area contributed by atoms with E-state index in [2.05, 4.69) is 14.1 Å². The molecule has 11 heteroatoms. The summed E-state index contributed by atoms with van der Waals surface area (Å²) in [4.78, 5) is 15.4. The maximum atomic E-state index is 14.7. The van der Waals surface area contributed by atoms with Crippen LogP contribution in [0.4, 0.5) is 9.52 Å². The Morgan fingerprint density at radius 1 is 1.25 bits per heavy atom. The van der Waals surface area contributed by atoms with E-state index in [1.807, 2.05) is 30.3 Å². The lowest BCUT2D eigenvalue weighted by atomic mass is 10.1. The van der Waals surface area contributed by atoms with Gasteiger partial charge in [0, 0.05) is 23.7 Å². The SMILES string of the molecule is C[C@@H](c1ccccc1)n1c(=O)oc2cc(S(=O)(=O)Nc3ncns3)c(F)cc21. The maximum Gasteiger partial charge on any atom is 0.420 e. The molecule has 2 heterocycles. The Morgan fingerprint density at radius 2 is 2.00 bits per heavy atom. The Balaban J connectivity index is 1.82. The molecule has 0 unspecified atom stereocenters. The monoisotopic (exact) mass is 420 g/mol. The fourth-order valence-electron chi connectivity index (χ4n) is 2.88. The number of halogens is 1. The van der Waals surface area contributed by atoms with Crippen LogP contribution in [0.5, 0.6) is 0 Å². The molecule has 0 aliphatic rings. The van der Waals surface area contributed by atoms with Crippen molar-refractivity contribution in [1.29, 1.82) is 0 Å². The van der Waals surface area contributed by atoms with E-state index in [9.17, 15) is 17.6 Å². The molecule has 0 fully saturated rings. The number of oxazole rings is 1. The summed E-state index contributed by atoms with van der Waals surface area (Å²) in [5.41, 5.74) is 0.947. The van der Waals surface area contributed by atoms with E-state index in [-0.39, 0.29) is 16.2 Å². The number of hydrogen-bond donors (Lipinski definition) is 1. The zero-order valence-electron chi connectivity index (χ0n) is 14.4. The lowest BCUT2D eigenvalue weighted by molar-refractivity contribution is 0.489. The van der Waals surface area contributed by atoms with E-state index in [4.69, 9.17) is 4.42 Å². The van der Waals surface area contributed by atoms with Crippen LogP contribution in [0.25, 0.3) is 11.1 Å². The molecule has 0 radical (unpaired) electrons. The number of aromatic nitrogens is 3. The van der Waals surface area contributed by atoms with Crippen molar-refractivity contribution in [2.24, 2.45) is 0 Å². The average molecular weight is 420 g/mol. The topological polar surface area (TPSA) is 107 Å². The smallest absolute Gasteiger partial charge is 0.408 e. The summed E-state index contributed by atoms with van der Waals surface area (Å²) >= 11 is 0.811. The van der Waals surface area contributed by atoms with Crippen molar-refractivity contribution in [2.45, 2.75) is 17.9 Å². The van der Waals surface area contributed by atoms with Gasteiger partial charge in [-0.15, -0.1) is 0 Å². The minimum atomic E-state index is -4.27. The molecule has 1 atom stereocenters. The highest BCUT2D eigenvalue weighted by molar-refractivity contribution is 7.93. The third kappa shape index (κ3) is 3.18. The molecule has 4 aromatic rings. The van der Waals surface area contributed by atoms with Gasteiger partial charge in [0.1, 0.15) is 17.0 Å². The van der Waals surface area contributed by atoms with Crippen molar-refractivity contribution in [3.8, 4) is 0 Å². The summed E-state index contributed by atoms with van der Waals surface area (Å²) in [6.45, 7) is 1.77. The number of nitrogens with zero attached hydrogens (tertiary/aromatic N) is 3. The lowest BCUT2D eigenvalue weighted by Crippen LogP contribution is -2.19. The van der Waals surface area contributed by atoms with Crippen LogP contribution in [0.3, 0.4) is 0 Å². The zero-order valence-corrected chi connectivity index (χ0v) is 16.0. The number of benzene rings is 2. The highest BCUT2D eigenvalue weighted by atomic mass is 32.2. The minimum absolute atomic E-state index is 0.00350. The first-order chi connectivity index (χ1) is 13.4. The van der Waals surface area contributed by atoms with E-state index in [0.717, 1.165) is 29.2 Å². The molecular formula is C17H13FN4O4S2. The number of sulfonamides is 1. The molecule has 0 aliphatic carbocycles. The lowest BCUT2D eigenvalue weighted by Gasteiger charge is -2.13. The predicted octanol–water partition coefficient (Wildman–Crippen LogP) is 3.00. The van der Waals surface area contributed by atoms with E-state index >= 15 is 0 Å². The third-order valence-corrected chi connectivity index (χ3v) is 6.27. The molecule has 1 N–H and O–H groups in total. The third-order valence-electron chi connectivity index (χ3n) is 4.21. The molecule has 8 nitrogen and oxygen atoms in total. The van der Waals surface area contributed by atoms with Gasteiger partial charge in [0.05, 0.1) is 11.6 Å². The Labute approximate surface area is 162 Å². The summed E-state index contributed by atoms with van der Waals surface area (Å²) in [5.74, 6) is -1.73. The van der Waals surface area contributed by atoms with E-state index in [0.29, 0.717) is 0 Å². The van der Waals surface area contributed by atoms with Crippen molar-refractivity contribution in [1.82, 2.24) is 13.9 Å². The van der Waals surface area contributed by atoms with Crippen LogP contribution in [0, 0.1) is 5.82 Å². The molecule has 28 heavy (non-hydrogen) atoms. The van der Waals surface area contributed by atoms with Crippen molar-refractivity contribution < 1.29 is 17.2 Å². The van der Waals surface area contributed by atoms with Crippen LogP contribution in [0.15, 0.2) is 62.9 Å². The molecule has 0 saturated carbocycles. The van der Waals surface area contributed by atoms with Crippen LogP contribution in [0.2, 0.25) is 0 Å². The molecule has 0 saturated heterocycles. The Morgan fingerprint density at radius 3 is 2.68 bits per heavy atom. The van der Waals surface area contributed by atoms with Crippen LogP contribution in [-0.4, -0.2) is 22.3 Å². The molecule has 2 aromatic carbocycles. The molecular weight excluding hydrogens is 407 g/mol. The zero-order chi connectivity index (χ0) is 19.9. The average Bonchev–Trinajstić information content (AvgIpc) is 3.27. The molecule has 2 aromatic heterocycles. The number of rotatable bonds is 5. The first-order valence-electron chi connectivity index (χ1n) is 8.06. The second kappa shape index (κ2) is 6.84. The summed E-state index contributed by atoms with van der Waals surface area (Å²) in [6, 6.07) is 10.7. The van der Waals surface area contributed by atoms with Gasteiger partial charge in [-0.1, -0.05) is 30.3 Å². The van der Waals surface area contributed by atoms with Gasteiger partial charge in [0.2, 0.25) is 5.13 Å². The largest absolute Gasteiger partial charge is 0.420 e. The fraction of sp³-hybridized carbons (Fsp3) is 0.118. The first-order valence-corrected chi connectivity index (χ1v) is 10.3. The molecule has 144 valence electrons. The molecule has 0 spiro atoms. The number of fused-ring (bicyclic) bond motifs is 1. The van der Waals surface area contributed by atoms with Crippen LogP contribution in [-0.2, 0) is 10.0 Å². The summed E-state index contributed by atoms with van der Waals surface area (Å²) in [5, 5.41) is -0.00350. The summed E-state index contributed by atoms with van der Waals surface area (Å²) in [6.07, 6.45) is 1.17. The van der Waals surface area contributed by atoms with Crippen molar-refractivity contribution >= 4 is 37.8 Å². The Kier molecular flexibility index (Phi) is 4.47. The van der Waals surface area contributed by atoms with Gasteiger partial charge in [0.25, 0.3) is 10.0 Å². The van der Waals surface area contributed by atoms with Gasteiger partial charge >= 0.3 is 5.76 Å². The fourth-order valence-corrected chi connectivity index (χ4v) is 4.61. The first kappa shape index (κ1) is 18.3. The van der Waals surface area contributed by atoms with Crippen molar-refractivity contribution in [3.05, 3.63) is 70.7 Å². The van der Waals surface area contributed by atoms with Crippen LogP contribution < -0.4 is 10.5 Å². The standard InChI is InChI=1S/C17H13FN4O4S2/c1-10(11-5-3-2-4-6-11)22-13-7-12(18)15(8-14(13)26-17(22)23)28(24,25)21-16-19-9-20-27-16/h2-10H,1H3,(H,19,20,21)/t10-/m0/s1. The highest BCUT2D eigenvalue weighted by Crippen LogP contribution is 2.27. The molecule has 0 amide bonds. The number of anilines is 1. The van der Waals surface area contributed by atoms with Gasteiger partial charge in [-0.05, 0) is 12.5 Å². The van der Waals surface area contributed by atoms with Gasteiger partial charge in [0.15, 0.2) is 5.58 Å². The Bertz CT molecular complexity index is 1300. The summed E-state index contributed by atoms with van der Waals surface area (Å²) in [7, 11) is -4.27. The van der Waals surface area contributed by atoms with Gasteiger partial charge < -0.3 is 4.42 Å². The predicted molar refractivity (Wildman–Crippen MR) is 101 cm³/mol. The number of nitrogens with one attached hydrogen (secondary N) is 1. The quantitative estimate of drug-likeness (QED) is 0.532. The molecule has 0 bridgehead atoms. The van der Waals surface area contributed by atoms with Gasteiger partial charge in [-0.2, -0.15) is 4.37 Å². The molecule has 4 rings (SSSR count). The minimum Gasteiger partial charge on any atom is -0.408 e. The Hall–Kier alpha value is -3.05. The second-order valence-corrected chi connectivity index (χ2v) is 8.36. The number of hydrogen-bond acceptors (Lipinski definition) is 7. The normalized spacial score (nSPS) is 12.9. The van der Waals surface area contributed by atoms with Crippen LogP contribution in [0.1, 0.15) is 18.5 Å². The van der Waals surface area contributed by atoms with E-state index in [1.165, 1.54) is 10.9 Å². The van der Waals surface area contributed by atoms with Crippen molar-refractivity contribution in [3.63, 3.8) is 0 Å². The van der Waals surface area contributed by atoms with Crippen molar-refractivity contribution in [2.75, 3.05) is 4.72 Å². The van der Waals surface area contributed by atoms with Gasteiger partial charge in [-0.25, -0.2) is 22.6 Å². The van der Waals surface area contributed by atoms with Gasteiger partial charge in [-0.3, -0.25) is 9.29 Å². The maximum absolute atomic E-state index is 14.7. The second-order valence-electron chi connectivity index (χ2n) is 5.93. The van der Waals surface area contributed by atoms with E-state index in [1.54, 1.807) is 6.92 Å². The highest BCUT2D eigenvalue weighted by Gasteiger charge is 2.25. The van der Waals surface area contributed by atoms with E-state index < -0.39 is 32.5 Å². The van der Waals surface area contributed by atoms with Crippen LogP contribution >= 0.6 is 11.5 Å².